The largest absolute Gasteiger partial charge is 0.482 e. The topological polar surface area (TPSA) is 87.7 Å². The van der Waals surface area contributed by atoms with Crippen LogP contribution in [0.4, 0.5) is 5.69 Å². The molecule has 1 aliphatic heterocycles. The van der Waals surface area contributed by atoms with Gasteiger partial charge in [0.1, 0.15) is 5.75 Å². The smallest absolute Gasteiger partial charge is 0.341 e. The molecular formula is C15H20N2O4. The van der Waals surface area contributed by atoms with E-state index in [1.165, 1.54) is 0 Å². The van der Waals surface area contributed by atoms with Crippen LogP contribution in [-0.4, -0.2) is 35.7 Å². The lowest BCUT2D eigenvalue weighted by molar-refractivity contribution is -0.139. The number of nitrogens with one attached hydrogen (secondary N) is 2. The minimum atomic E-state index is -1.04. The number of carboxylic acids is 1. The van der Waals surface area contributed by atoms with E-state index in [2.05, 4.69) is 10.6 Å². The first-order chi connectivity index (χ1) is 9.99. The molecule has 1 saturated heterocycles. The van der Waals surface area contributed by atoms with E-state index in [-0.39, 0.29) is 5.91 Å². The molecule has 0 bridgehead atoms. The predicted octanol–water partition coefficient (Wildman–Crippen LogP) is 1.62. The molecule has 1 amide bonds. The first-order valence-corrected chi connectivity index (χ1v) is 7.01. The van der Waals surface area contributed by atoms with E-state index >= 15 is 0 Å². The summed E-state index contributed by atoms with van der Waals surface area (Å²) in [7, 11) is 0. The molecule has 0 aliphatic carbocycles. The Hall–Kier alpha value is -2.08. The third-order valence-corrected chi connectivity index (χ3v) is 3.57. The van der Waals surface area contributed by atoms with E-state index < -0.39 is 18.1 Å². The lowest BCUT2D eigenvalue weighted by Crippen LogP contribution is -2.54. The van der Waals surface area contributed by atoms with Crippen molar-refractivity contribution in [3.8, 4) is 5.75 Å². The summed E-state index contributed by atoms with van der Waals surface area (Å²) < 4.78 is 5.09. The first-order valence-electron chi connectivity index (χ1n) is 7.01. The Kier molecular flexibility index (Phi) is 4.80. The molecule has 1 fully saturated rings. The van der Waals surface area contributed by atoms with Crippen molar-refractivity contribution in [2.75, 3.05) is 18.5 Å². The number of amides is 1. The van der Waals surface area contributed by atoms with E-state index in [0.29, 0.717) is 11.4 Å². The van der Waals surface area contributed by atoms with Gasteiger partial charge in [-0.1, -0.05) is 6.07 Å². The van der Waals surface area contributed by atoms with E-state index in [0.717, 1.165) is 25.8 Å². The van der Waals surface area contributed by atoms with Gasteiger partial charge in [0.25, 0.3) is 0 Å². The molecule has 0 radical (unpaired) electrons. The van der Waals surface area contributed by atoms with Gasteiger partial charge in [0.15, 0.2) is 6.61 Å². The zero-order valence-electron chi connectivity index (χ0n) is 12.0. The molecule has 1 unspecified atom stereocenters. The van der Waals surface area contributed by atoms with Gasteiger partial charge in [0, 0.05) is 11.8 Å². The highest BCUT2D eigenvalue weighted by Gasteiger charge is 2.34. The molecule has 114 valence electrons. The average Bonchev–Trinajstić information content (AvgIpc) is 2.46. The van der Waals surface area contributed by atoms with Crippen LogP contribution in [0.2, 0.25) is 0 Å². The van der Waals surface area contributed by atoms with Gasteiger partial charge in [-0.3, -0.25) is 4.79 Å². The van der Waals surface area contributed by atoms with Crippen LogP contribution in [0.3, 0.4) is 0 Å². The van der Waals surface area contributed by atoms with Crippen molar-refractivity contribution < 1.29 is 19.4 Å². The number of carboxylic acid groups (broad SMARTS) is 1. The van der Waals surface area contributed by atoms with Crippen molar-refractivity contribution >= 4 is 17.6 Å². The van der Waals surface area contributed by atoms with Gasteiger partial charge in [-0.15, -0.1) is 0 Å². The Morgan fingerprint density at radius 3 is 2.90 bits per heavy atom. The minimum absolute atomic E-state index is 0.0856. The number of carbonyl (C=O) groups excluding carboxylic acids is 1. The van der Waals surface area contributed by atoms with Crippen LogP contribution in [0.15, 0.2) is 24.3 Å². The van der Waals surface area contributed by atoms with Crippen LogP contribution in [-0.2, 0) is 9.59 Å². The molecule has 0 saturated carbocycles. The summed E-state index contributed by atoms with van der Waals surface area (Å²) in [4.78, 5) is 22.8. The van der Waals surface area contributed by atoms with Crippen molar-refractivity contribution in [1.29, 1.82) is 0 Å². The maximum Gasteiger partial charge on any atom is 0.341 e. The van der Waals surface area contributed by atoms with Gasteiger partial charge in [-0.05, 0) is 44.9 Å². The number of piperidine rings is 1. The highest BCUT2D eigenvalue weighted by molar-refractivity contribution is 5.98. The molecule has 1 heterocycles. The Morgan fingerprint density at radius 1 is 1.43 bits per heavy atom. The van der Waals surface area contributed by atoms with Gasteiger partial charge in [-0.2, -0.15) is 0 Å². The zero-order valence-corrected chi connectivity index (χ0v) is 12.0. The molecule has 6 nitrogen and oxygen atoms in total. The normalized spacial score (nSPS) is 21.6. The van der Waals surface area contributed by atoms with Crippen LogP contribution in [0.5, 0.6) is 5.75 Å². The second-order valence-corrected chi connectivity index (χ2v) is 5.38. The summed E-state index contributed by atoms with van der Waals surface area (Å²) in [5.74, 6) is -0.710. The highest BCUT2D eigenvalue weighted by atomic mass is 16.5. The number of benzene rings is 1. The van der Waals surface area contributed by atoms with Crippen molar-refractivity contribution in [3.05, 3.63) is 24.3 Å². The van der Waals surface area contributed by atoms with Crippen molar-refractivity contribution in [2.45, 2.75) is 31.7 Å². The third-order valence-electron chi connectivity index (χ3n) is 3.57. The lowest BCUT2D eigenvalue weighted by atomic mass is 9.90. The van der Waals surface area contributed by atoms with Crippen LogP contribution in [0.25, 0.3) is 0 Å². The van der Waals surface area contributed by atoms with Crippen LogP contribution < -0.4 is 15.4 Å². The van der Waals surface area contributed by atoms with E-state index in [4.69, 9.17) is 9.84 Å². The van der Waals surface area contributed by atoms with Crippen molar-refractivity contribution in [1.82, 2.24) is 5.32 Å². The average molecular weight is 292 g/mol. The van der Waals surface area contributed by atoms with Crippen LogP contribution in [0.1, 0.15) is 26.2 Å². The summed E-state index contributed by atoms with van der Waals surface area (Å²) in [6.45, 7) is 2.33. The molecule has 3 N–H and O–H groups in total. The maximum absolute atomic E-state index is 12.4. The second-order valence-electron chi connectivity index (χ2n) is 5.38. The molecular weight excluding hydrogens is 272 g/mol. The first kappa shape index (κ1) is 15.3. The number of rotatable bonds is 5. The standard InChI is InChI=1S/C15H20N2O4/c1-15(7-2-3-8-16-15)14(20)17-11-5-4-6-12(9-11)21-10-13(18)19/h4-6,9,16H,2-3,7-8,10H2,1H3,(H,17,20)(H,18,19). The molecule has 2 rings (SSSR count). The van der Waals surface area contributed by atoms with Gasteiger partial charge < -0.3 is 20.5 Å². The SMILES string of the molecule is CC1(C(=O)Nc2cccc(OCC(=O)O)c2)CCCCN1. The monoisotopic (exact) mass is 292 g/mol. The van der Waals surface area contributed by atoms with Crippen molar-refractivity contribution in [3.63, 3.8) is 0 Å². The summed E-state index contributed by atoms with van der Waals surface area (Å²) >= 11 is 0. The summed E-state index contributed by atoms with van der Waals surface area (Å²) in [5, 5.41) is 14.7. The molecule has 0 aromatic heterocycles. The Morgan fingerprint density at radius 2 is 2.24 bits per heavy atom. The number of anilines is 1. The van der Waals surface area contributed by atoms with Crippen LogP contribution >= 0.6 is 0 Å². The van der Waals surface area contributed by atoms with Gasteiger partial charge in [0.05, 0.1) is 5.54 Å². The van der Waals surface area contributed by atoms with Gasteiger partial charge in [0.2, 0.25) is 5.91 Å². The predicted molar refractivity (Wildman–Crippen MR) is 78.5 cm³/mol. The summed E-state index contributed by atoms with van der Waals surface area (Å²) in [6.07, 6.45) is 2.91. The number of ether oxygens (including phenoxy) is 1. The fraction of sp³-hybridized carbons (Fsp3) is 0.467. The fourth-order valence-corrected chi connectivity index (χ4v) is 2.33. The summed E-state index contributed by atoms with van der Waals surface area (Å²) in [6, 6.07) is 6.73. The van der Waals surface area contributed by atoms with E-state index in [1.54, 1.807) is 24.3 Å². The molecule has 21 heavy (non-hydrogen) atoms. The third kappa shape index (κ3) is 4.19. The quantitative estimate of drug-likeness (QED) is 0.767. The Balaban J connectivity index is 2.00. The van der Waals surface area contributed by atoms with Gasteiger partial charge in [-0.25, -0.2) is 4.79 Å². The minimum Gasteiger partial charge on any atom is -0.482 e. The van der Waals surface area contributed by atoms with E-state index in [9.17, 15) is 9.59 Å². The number of aliphatic carboxylic acids is 1. The number of carbonyl (C=O) groups is 2. The molecule has 6 heteroatoms. The maximum atomic E-state index is 12.4. The Labute approximate surface area is 123 Å². The molecule has 1 aromatic carbocycles. The zero-order chi connectivity index (χ0) is 15.3. The molecule has 1 aromatic rings. The Bertz CT molecular complexity index is 524. The lowest BCUT2D eigenvalue weighted by Gasteiger charge is -2.33. The van der Waals surface area contributed by atoms with Gasteiger partial charge >= 0.3 is 5.97 Å². The summed E-state index contributed by atoms with van der Waals surface area (Å²) in [5.41, 5.74) is 0.0346. The molecule has 0 spiro atoms. The second kappa shape index (κ2) is 6.58. The van der Waals surface area contributed by atoms with E-state index in [1.807, 2.05) is 6.92 Å². The molecule has 1 atom stereocenters. The van der Waals surface area contributed by atoms with Crippen LogP contribution in [0, 0.1) is 0 Å². The van der Waals surface area contributed by atoms with Crippen molar-refractivity contribution in [2.24, 2.45) is 0 Å². The highest BCUT2D eigenvalue weighted by Crippen LogP contribution is 2.22. The number of hydrogen-bond acceptors (Lipinski definition) is 4. The molecule has 1 aliphatic rings. The fourth-order valence-electron chi connectivity index (χ4n) is 2.33. The number of hydrogen-bond donors (Lipinski definition) is 3.